The summed E-state index contributed by atoms with van der Waals surface area (Å²) in [6.45, 7) is 2.45. The molecule has 0 aliphatic heterocycles. The van der Waals surface area contributed by atoms with Crippen LogP contribution in [0.2, 0.25) is 0 Å². The maximum absolute atomic E-state index is 5.72. The average Bonchev–Trinajstić information content (AvgIpc) is 2.60. The molecule has 0 aliphatic rings. The quantitative estimate of drug-likeness (QED) is 0.747. The highest BCUT2D eigenvalue weighted by molar-refractivity contribution is 7.80. The number of nitrogens with zero attached hydrogens (tertiary/aromatic N) is 1. The van der Waals surface area contributed by atoms with E-state index >= 15 is 0 Å². The standard InChI is InChI=1S/C17H21N3O3S/c1-12(11-23-14-8-6-13(21-2)7-9-14)19-17(24)20-16-15(22-3)5-4-10-18-16/h4-10,12H,11H2,1-3H3,(H2,18,19,20,24). The summed E-state index contributed by atoms with van der Waals surface area (Å²) in [4.78, 5) is 4.20. The summed E-state index contributed by atoms with van der Waals surface area (Å²) >= 11 is 5.29. The minimum atomic E-state index is 0.0156. The number of hydrogen-bond donors (Lipinski definition) is 2. The number of benzene rings is 1. The molecule has 2 aromatic rings. The lowest BCUT2D eigenvalue weighted by molar-refractivity contribution is 0.286. The topological polar surface area (TPSA) is 64.6 Å². The van der Waals surface area contributed by atoms with Crippen LogP contribution >= 0.6 is 12.2 Å². The van der Waals surface area contributed by atoms with Crippen molar-refractivity contribution in [3.63, 3.8) is 0 Å². The molecule has 0 spiro atoms. The molecule has 0 amide bonds. The van der Waals surface area contributed by atoms with Crippen molar-refractivity contribution in [2.45, 2.75) is 13.0 Å². The van der Waals surface area contributed by atoms with Gasteiger partial charge in [0.05, 0.1) is 20.3 Å². The SMILES string of the molecule is COc1ccc(OCC(C)NC(=S)Nc2ncccc2OC)cc1. The molecule has 1 aromatic heterocycles. The average molecular weight is 347 g/mol. The fourth-order valence-corrected chi connectivity index (χ4v) is 2.25. The van der Waals surface area contributed by atoms with Crippen LogP contribution in [0, 0.1) is 0 Å². The molecule has 0 saturated heterocycles. The molecule has 1 atom stereocenters. The summed E-state index contributed by atoms with van der Waals surface area (Å²) in [5.41, 5.74) is 0. The fourth-order valence-electron chi connectivity index (χ4n) is 1.95. The number of nitrogens with one attached hydrogen (secondary N) is 2. The molecule has 2 rings (SSSR count). The van der Waals surface area contributed by atoms with E-state index in [-0.39, 0.29) is 6.04 Å². The van der Waals surface area contributed by atoms with Gasteiger partial charge in [-0.3, -0.25) is 0 Å². The molecular formula is C17H21N3O3S. The van der Waals surface area contributed by atoms with Crippen LogP contribution in [0.4, 0.5) is 5.82 Å². The van der Waals surface area contributed by atoms with E-state index in [1.54, 1.807) is 26.5 Å². The lowest BCUT2D eigenvalue weighted by Crippen LogP contribution is -2.39. The van der Waals surface area contributed by atoms with Gasteiger partial charge in [-0.2, -0.15) is 0 Å². The normalized spacial score (nSPS) is 11.3. The van der Waals surface area contributed by atoms with E-state index in [0.717, 1.165) is 11.5 Å². The van der Waals surface area contributed by atoms with Crippen molar-refractivity contribution in [1.82, 2.24) is 10.3 Å². The second kappa shape index (κ2) is 8.93. The first kappa shape index (κ1) is 17.8. The minimum Gasteiger partial charge on any atom is -0.497 e. The van der Waals surface area contributed by atoms with Crippen molar-refractivity contribution in [1.29, 1.82) is 0 Å². The molecular weight excluding hydrogens is 326 g/mol. The van der Waals surface area contributed by atoms with Crippen molar-refractivity contribution in [2.24, 2.45) is 0 Å². The van der Waals surface area contributed by atoms with Gasteiger partial charge in [0, 0.05) is 6.20 Å². The van der Waals surface area contributed by atoms with E-state index in [2.05, 4.69) is 15.6 Å². The zero-order valence-electron chi connectivity index (χ0n) is 13.9. The summed E-state index contributed by atoms with van der Waals surface area (Å²) in [7, 11) is 3.22. The van der Waals surface area contributed by atoms with Gasteiger partial charge in [0.25, 0.3) is 0 Å². The minimum absolute atomic E-state index is 0.0156. The van der Waals surface area contributed by atoms with Crippen LogP contribution in [0.5, 0.6) is 17.2 Å². The molecule has 1 unspecified atom stereocenters. The number of hydrogen-bond acceptors (Lipinski definition) is 5. The maximum Gasteiger partial charge on any atom is 0.174 e. The highest BCUT2D eigenvalue weighted by Crippen LogP contribution is 2.20. The number of anilines is 1. The molecule has 0 radical (unpaired) electrons. The molecule has 24 heavy (non-hydrogen) atoms. The van der Waals surface area contributed by atoms with Gasteiger partial charge in [0.2, 0.25) is 0 Å². The highest BCUT2D eigenvalue weighted by Gasteiger charge is 2.09. The Kier molecular flexibility index (Phi) is 6.62. The molecule has 0 bridgehead atoms. The van der Waals surface area contributed by atoms with Crippen LogP contribution in [-0.4, -0.2) is 37.0 Å². The third kappa shape index (κ3) is 5.27. The van der Waals surface area contributed by atoms with Crippen molar-refractivity contribution >= 4 is 23.1 Å². The van der Waals surface area contributed by atoms with E-state index in [1.165, 1.54) is 0 Å². The van der Waals surface area contributed by atoms with Crippen LogP contribution < -0.4 is 24.8 Å². The van der Waals surface area contributed by atoms with Gasteiger partial charge in [0.15, 0.2) is 16.7 Å². The first-order valence-electron chi connectivity index (χ1n) is 7.45. The Morgan fingerprint density at radius 3 is 2.50 bits per heavy atom. The number of aromatic nitrogens is 1. The molecule has 6 nitrogen and oxygen atoms in total. The smallest absolute Gasteiger partial charge is 0.174 e. The van der Waals surface area contributed by atoms with E-state index in [9.17, 15) is 0 Å². The molecule has 1 heterocycles. The predicted octanol–water partition coefficient (Wildman–Crippen LogP) is 2.85. The Balaban J connectivity index is 1.80. The third-order valence-corrected chi connectivity index (χ3v) is 3.38. The van der Waals surface area contributed by atoms with Gasteiger partial charge in [-0.25, -0.2) is 4.98 Å². The van der Waals surface area contributed by atoms with Crippen molar-refractivity contribution < 1.29 is 14.2 Å². The summed E-state index contributed by atoms with van der Waals surface area (Å²) in [5.74, 6) is 2.77. The zero-order chi connectivity index (χ0) is 17.4. The third-order valence-electron chi connectivity index (χ3n) is 3.16. The molecule has 0 saturated carbocycles. The largest absolute Gasteiger partial charge is 0.497 e. The first-order chi connectivity index (χ1) is 11.6. The fraction of sp³-hybridized carbons (Fsp3) is 0.294. The first-order valence-corrected chi connectivity index (χ1v) is 7.86. The monoisotopic (exact) mass is 347 g/mol. The number of ether oxygens (including phenoxy) is 3. The van der Waals surface area contributed by atoms with Crippen LogP contribution in [0.3, 0.4) is 0 Å². The molecule has 0 aliphatic carbocycles. The molecule has 0 fully saturated rings. The molecule has 1 aromatic carbocycles. The maximum atomic E-state index is 5.72. The van der Waals surface area contributed by atoms with E-state index in [4.69, 9.17) is 26.4 Å². The summed E-state index contributed by atoms with van der Waals surface area (Å²) in [6.07, 6.45) is 1.67. The van der Waals surface area contributed by atoms with Gasteiger partial charge in [-0.15, -0.1) is 0 Å². The van der Waals surface area contributed by atoms with Gasteiger partial charge in [-0.05, 0) is 55.5 Å². The number of methoxy groups -OCH3 is 2. The Hall–Kier alpha value is -2.54. The van der Waals surface area contributed by atoms with Crippen molar-refractivity contribution in [3.05, 3.63) is 42.6 Å². The molecule has 128 valence electrons. The summed E-state index contributed by atoms with van der Waals surface area (Å²) in [5, 5.41) is 6.62. The number of pyridine rings is 1. The van der Waals surface area contributed by atoms with Gasteiger partial charge >= 0.3 is 0 Å². The Bertz CT molecular complexity index is 664. The van der Waals surface area contributed by atoms with Crippen LogP contribution in [0.15, 0.2) is 42.6 Å². The van der Waals surface area contributed by atoms with E-state index in [0.29, 0.717) is 23.3 Å². The lowest BCUT2D eigenvalue weighted by atomic mass is 10.3. The lowest BCUT2D eigenvalue weighted by Gasteiger charge is -2.18. The second-order valence-corrected chi connectivity index (χ2v) is 5.45. The Morgan fingerprint density at radius 2 is 1.83 bits per heavy atom. The van der Waals surface area contributed by atoms with Gasteiger partial charge in [0.1, 0.15) is 18.1 Å². The Labute approximate surface area is 147 Å². The molecule has 7 heteroatoms. The second-order valence-electron chi connectivity index (χ2n) is 5.04. The molecule has 2 N–H and O–H groups in total. The van der Waals surface area contributed by atoms with Crippen LogP contribution in [0.25, 0.3) is 0 Å². The van der Waals surface area contributed by atoms with Gasteiger partial charge in [-0.1, -0.05) is 0 Å². The van der Waals surface area contributed by atoms with Gasteiger partial charge < -0.3 is 24.8 Å². The van der Waals surface area contributed by atoms with Crippen LogP contribution in [0.1, 0.15) is 6.92 Å². The summed E-state index contributed by atoms with van der Waals surface area (Å²) < 4.78 is 16.1. The highest BCUT2D eigenvalue weighted by atomic mass is 32.1. The zero-order valence-corrected chi connectivity index (χ0v) is 14.7. The van der Waals surface area contributed by atoms with Crippen molar-refractivity contribution in [2.75, 3.05) is 26.1 Å². The summed E-state index contributed by atoms with van der Waals surface area (Å²) in [6, 6.07) is 11.1. The predicted molar refractivity (Wildman–Crippen MR) is 98.1 cm³/mol. The number of thiocarbonyl (C=S) groups is 1. The van der Waals surface area contributed by atoms with Crippen LogP contribution in [-0.2, 0) is 0 Å². The van der Waals surface area contributed by atoms with Crippen molar-refractivity contribution in [3.8, 4) is 17.2 Å². The number of rotatable bonds is 7. The Morgan fingerprint density at radius 1 is 1.12 bits per heavy atom. The van der Waals surface area contributed by atoms with E-state index < -0.39 is 0 Å². The van der Waals surface area contributed by atoms with E-state index in [1.807, 2.05) is 37.3 Å².